The third-order valence-corrected chi connectivity index (χ3v) is 7.02. The van der Waals surface area contributed by atoms with E-state index in [0.29, 0.717) is 24.0 Å². The number of unbranched alkanes of at least 4 members (excludes halogenated alkanes) is 7. The molecule has 0 spiro atoms. The molecule has 0 aliphatic carbocycles. The van der Waals surface area contributed by atoms with Crippen LogP contribution < -0.4 is 0 Å². The molecule has 0 saturated carbocycles. The van der Waals surface area contributed by atoms with E-state index in [9.17, 15) is 8.78 Å². The average Bonchev–Trinajstić information content (AvgIpc) is 2.88. The smallest absolute Gasteiger partial charge is 0.166 e. The Balaban J connectivity index is 1.52. The summed E-state index contributed by atoms with van der Waals surface area (Å²) in [6, 6.07) is 20.0. The van der Waals surface area contributed by atoms with Gasteiger partial charge in [0.1, 0.15) is 0 Å². The zero-order valence-electron chi connectivity index (χ0n) is 21.7. The van der Waals surface area contributed by atoms with Crippen LogP contribution in [0.2, 0.25) is 0 Å². The predicted octanol–water partition coefficient (Wildman–Crippen LogP) is 10.1. The lowest BCUT2D eigenvalue weighted by Crippen LogP contribution is -2.00. The molecular formula is C33H42F2. The Morgan fingerprint density at radius 2 is 0.943 bits per heavy atom. The lowest BCUT2D eigenvalue weighted by atomic mass is 9.97. The average molecular weight is 477 g/mol. The first-order valence-electron chi connectivity index (χ1n) is 13.8. The van der Waals surface area contributed by atoms with Crippen LogP contribution in [0.25, 0.3) is 11.1 Å². The number of hydrogen-bond donors (Lipinski definition) is 0. The first-order valence-corrected chi connectivity index (χ1v) is 13.8. The molecule has 3 aromatic rings. The first kappa shape index (κ1) is 27.1. The van der Waals surface area contributed by atoms with Crippen LogP contribution in [0, 0.1) is 11.6 Å². The van der Waals surface area contributed by atoms with E-state index in [1.54, 1.807) is 12.1 Å². The van der Waals surface area contributed by atoms with E-state index < -0.39 is 11.6 Å². The summed E-state index contributed by atoms with van der Waals surface area (Å²) >= 11 is 0. The van der Waals surface area contributed by atoms with Gasteiger partial charge in [-0.3, -0.25) is 0 Å². The molecule has 3 aromatic carbocycles. The molecule has 0 amide bonds. The Bertz CT molecular complexity index is 1000. The summed E-state index contributed by atoms with van der Waals surface area (Å²) in [5, 5.41) is 0. The fourth-order valence-electron chi connectivity index (χ4n) is 4.70. The van der Waals surface area contributed by atoms with Gasteiger partial charge in [-0.15, -0.1) is 0 Å². The van der Waals surface area contributed by atoms with Gasteiger partial charge in [0, 0.05) is 5.56 Å². The third kappa shape index (κ3) is 8.60. The zero-order chi connectivity index (χ0) is 24.9. The van der Waals surface area contributed by atoms with Crippen LogP contribution in [-0.2, 0) is 25.7 Å². The minimum atomic E-state index is -0.740. The molecule has 0 radical (unpaired) electrons. The molecule has 0 atom stereocenters. The highest BCUT2D eigenvalue weighted by atomic mass is 19.2. The van der Waals surface area contributed by atoms with Crippen LogP contribution in [0.4, 0.5) is 8.78 Å². The summed E-state index contributed by atoms with van der Waals surface area (Å²) < 4.78 is 29.8. The molecule has 0 aliphatic rings. The van der Waals surface area contributed by atoms with Crippen molar-refractivity contribution in [3.8, 4) is 11.1 Å². The fraction of sp³-hybridized carbons (Fsp3) is 0.455. The molecule has 188 valence electrons. The van der Waals surface area contributed by atoms with Crippen LogP contribution in [0.15, 0.2) is 60.7 Å². The standard InChI is InChI=1S/C33H42F2/c1-3-5-7-8-9-11-13-26-14-16-28(17-15-26)20-23-30-24-25-31(33(35)32(30)34)29-21-18-27(19-22-29)12-10-6-4-2/h14-19,21-22,24-25H,3-13,20,23H2,1-2H3. The van der Waals surface area contributed by atoms with Gasteiger partial charge in [-0.1, -0.05) is 119 Å². The Labute approximate surface area is 211 Å². The highest BCUT2D eigenvalue weighted by molar-refractivity contribution is 5.65. The Hall–Kier alpha value is -2.48. The molecule has 0 N–H and O–H groups in total. The van der Waals surface area contributed by atoms with Gasteiger partial charge >= 0.3 is 0 Å². The SMILES string of the molecule is CCCCCCCCc1ccc(CCc2ccc(-c3ccc(CCCCC)cc3)c(F)c2F)cc1. The highest BCUT2D eigenvalue weighted by Gasteiger charge is 2.15. The van der Waals surface area contributed by atoms with E-state index in [2.05, 4.69) is 38.1 Å². The van der Waals surface area contributed by atoms with Gasteiger partial charge in [-0.05, 0) is 66.3 Å². The predicted molar refractivity (Wildman–Crippen MR) is 146 cm³/mol. The molecule has 0 fully saturated rings. The van der Waals surface area contributed by atoms with Crippen molar-refractivity contribution in [2.75, 3.05) is 0 Å². The van der Waals surface area contributed by atoms with Crippen molar-refractivity contribution >= 4 is 0 Å². The Morgan fingerprint density at radius 1 is 0.457 bits per heavy atom. The van der Waals surface area contributed by atoms with E-state index in [4.69, 9.17) is 0 Å². The van der Waals surface area contributed by atoms with E-state index in [0.717, 1.165) is 24.8 Å². The van der Waals surface area contributed by atoms with Gasteiger partial charge in [0.15, 0.2) is 11.6 Å². The maximum absolute atomic E-state index is 14.9. The third-order valence-electron chi connectivity index (χ3n) is 7.02. The van der Waals surface area contributed by atoms with Crippen LogP contribution in [-0.4, -0.2) is 0 Å². The molecule has 0 aliphatic heterocycles. The number of halogens is 2. The summed E-state index contributed by atoms with van der Waals surface area (Å²) in [6.07, 6.45) is 14.8. The number of benzene rings is 3. The molecular weight excluding hydrogens is 434 g/mol. The molecule has 2 heteroatoms. The fourth-order valence-corrected chi connectivity index (χ4v) is 4.70. The normalized spacial score (nSPS) is 11.2. The van der Waals surface area contributed by atoms with Crippen LogP contribution in [0.3, 0.4) is 0 Å². The minimum absolute atomic E-state index is 0.338. The monoisotopic (exact) mass is 476 g/mol. The Morgan fingerprint density at radius 3 is 1.57 bits per heavy atom. The minimum Gasteiger partial charge on any atom is -0.203 e. The molecule has 0 saturated heterocycles. The molecule has 35 heavy (non-hydrogen) atoms. The van der Waals surface area contributed by atoms with Gasteiger partial charge in [-0.25, -0.2) is 8.78 Å². The van der Waals surface area contributed by atoms with Crippen molar-refractivity contribution in [2.24, 2.45) is 0 Å². The second-order valence-electron chi connectivity index (χ2n) is 9.89. The molecule has 0 nitrogen and oxygen atoms in total. The summed E-state index contributed by atoms with van der Waals surface area (Å²) in [5.74, 6) is -1.45. The maximum atomic E-state index is 14.9. The van der Waals surface area contributed by atoms with E-state index in [1.165, 1.54) is 68.1 Å². The van der Waals surface area contributed by atoms with Gasteiger partial charge in [0.2, 0.25) is 0 Å². The second kappa shape index (κ2) is 14.8. The van der Waals surface area contributed by atoms with E-state index in [-0.39, 0.29) is 0 Å². The van der Waals surface area contributed by atoms with Crippen LogP contribution in [0.1, 0.15) is 93.9 Å². The second-order valence-corrected chi connectivity index (χ2v) is 9.89. The van der Waals surface area contributed by atoms with Gasteiger partial charge in [0.25, 0.3) is 0 Å². The lowest BCUT2D eigenvalue weighted by Gasteiger charge is -2.10. The summed E-state index contributed by atoms with van der Waals surface area (Å²) in [4.78, 5) is 0. The van der Waals surface area contributed by atoms with E-state index >= 15 is 0 Å². The topological polar surface area (TPSA) is 0 Å². The van der Waals surface area contributed by atoms with Crippen molar-refractivity contribution in [2.45, 2.75) is 97.3 Å². The molecule has 0 bridgehead atoms. The lowest BCUT2D eigenvalue weighted by molar-refractivity contribution is 0.501. The molecule has 0 unspecified atom stereocenters. The molecule has 3 rings (SSSR count). The van der Waals surface area contributed by atoms with Gasteiger partial charge in [-0.2, -0.15) is 0 Å². The number of aryl methyl sites for hydroxylation is 4. The van der Waals surface area contributed by atoms with Crippen molar-refractivity contribution in [3.63, 3.8) is 0 Å². The largest absolute Gasteiger partial charge is 0.203 e. The van der Waals surface area contributed by atoms with E-state index in [1.807, 2.05) is 24.3 Å². The Kier molecular flexibility index (Phi) is 11.5. The van der Waals surface area contributed by atoms with Gasteiger partial charge < -0.3 is 0 Å². The summed E-state index contributed by atoms with van der Waals surface area (Å²) in [5.41, 5.74) is 5.29. The number of hydrogen-bond acceptors (Lipinski definition) is 0. The number of rotatable bonds is 15. The molecule has 0 heterocycles. The molecule has 0 aromatic heterocycles. The summed E-state index contributed by atoms with van der Waals surface area (Å²) in [7, 11) is 0. The highest BCUT2D eigenvalue weighted by Crippen LogP contribution is 2.28. The summed E-state index contributed by atoms with van der Waals surface area (Å²) in [6.45, 7) is 4.44. The van der Waals surface area contributed by atoms with Crippen molar-refractivity contribution in [1.82, 2.24) is 0 Å². The van der Waals surface area contributed by atoms with Crippen LogP contribution in [0.5, 0.6) is 0 Å². The van der Waals surface area contributed by atoms with Crippen molar-refractivity contribution < 1.29 is 8.78 Å². The van der Waals surface area contributed by atoms with Crippen molar-refractivity contribution in [3.05, 3.63) is 94.6 Å². The van der Waals surface area contributed by atoms with Crippen molar-refractivity contribution in [1.29, 1.82) is 0 Å². The zero-order valence-corrected chi connectivity index (χ0v) is 21.7. The quantitative estimate of drug-likeness (QED) is 0.191. The first-order chi connectivity index (χ1) is 17.1. The maximum Gasteiger partial charge on any atom is 0.166 e. The van der Waals surface area contributed by atoms with Gasteiger partial charge in [0.05, 0.1) is 0 Å². The van der Waals surface area contributed by atoms with Crippen LogP contribution >= 0.6 is 0 Å².